The maximum Gasteiger partial charge on any atom is 0.134 e. The first-order valence-corrected chi connectivity index (χ1v) is 14.3. The van der Waals surface area contributed by atoms with Gasteiger partial charge in [0.25, 0.3) is 0 Å². The summed E-state index contributed by atoms with van der Waals surface area (Å²) in [6.07, 6.45) is 8.43. The summed E-state index contributed by atoms with van der Waals surface area (Å²) in [5, 5.41) is 18.5. The Morgan fingerprint density at radius 2 is 1.77 bits per heavy atom. The lowest BCUT2D eigenvalue weighted by atomic mass is 10.0. The van der Waals surface area contributed by atoms with E-state index in [0.717, 1.165) is 46.9 Å². The van der Waals surface area contributed by atoms with Gasteiger partial charge in [-0.05, 0) is 69.0 Å². The maximum atomic E-state index is 10.2. The highest BCUT2D eigenvalue weighted by atomic mass is 32.1. The van der Waals surface area contributed by atoms with Gasteiger partial charge in [-0.3, -0.25) is 0 Å². The van der Waals surface area contributed by atoms with E-state index in [-0.39, 0.29) is 0 Å². The molecule has 7 rings (SSSR count). The predicted molar refractivity (Wildman–Crippen MR) is 160 cm³/mol. The van der Waals surface area contributed by atoms with Gasteiger partial charge in [0.15, 0.2) is 0 Å². The summed E-state index contributed by atoms with van der Waals surface area (Å²) in [7, 11) is 0. The molecule has 5 nitrogen and oxygen atoms in total. The van der Waals surface area contributed by atoms with Gasteiger partial charge in [-0.2, -0.15) is 10.4 Å². The summed E-state index contributed by atoms with van der Waals surface area (Å²) >= 11 is 1.67. The lowest BCUT2D eigenvalue weighted by Crippen LogP contribution is -1.99. The first-order valence-electron chi connectivity index (χ1n) is 13.5. The first kappa shape index (κ1) is 23.6. The van der Waals surface area contributed by atoms with E-state index in [1.54, 1.807) is 11.3 Å². The molecule has 3 heterocycles. The van der Waals surface area contributed by atoms with Crippen LogP contribution >= 0.6 is 11.3 Å². The standard InChI is InChI=1S/C33H27N5S/c1-2-37-29-14-8-6-12-26(29)27-19-22(16-17-30(27)37)32-24(21-38(36-32)25-10-4-3-5-11-25)18-23(20-34)33-35-28-13-7-9-15-31(28)39-33/h3-6,8,10-12,14,16-19,21H,2,7,9,13,15H2,1H3/b23-18-. The van der Waals surface area contributed by atoms with Gasteiger partial charge in [0.2, 0.25) is 0 Å². The zero-order chi connectivity index (χ0) is 26.3. The Bertz CT molecular complexity index is 1890. The Morgan fingerprint density at radius 1 is 0.974 bits per heavy atom. The number of aromatic nitrogens is 4. The molecular weight excluding hydrogens is 498 g/mol. The Morgan fingerprint density at radius 3 is 2.59 bits per heavy atom. The van der Waals surface area contributed by atoms with Crippen molar-refractivity contribution in [3.63, 3.8) is 0 Å². The average molecular weight is 526 g/mol. The number of benzene rings is 3. The van der Waals surface area contributed by atoms with Crippen molar-refractivity contribution in [1.29, 1.82) is 5.26 Å². The van der Waals surface area contributed by atoms with E-state index in [2.05, 4.69) is 60.0 Å². The van der Waals surface area contributed by atoms with Crippen LogP contribution in [-0.2, 0) is 19.4 Å². The first-order chi connectivity index (χ1) is 19.2. The summed E-state index contributed by atoms with van der Waals surface area (Å²) in [4.78, 5) is 6.20. The zero-order valence-electron chi connectivity index (χ0n) is 21.8. The number of thiazole rings is 1. The van der Waals surface area contributed by atoms with Crippen molar-refractivity contribution in [3.8, 4) is 23.0 Å². The summed E-state index contributed by atoms with van der Waals surface area (Å²) in [5.74, 6) is 0. The number of nitrogens with zero attached hydrogens (tertiary/aromatic N) is 5. The monoisotopic (exact) mass is 525 g/mol. The highest BCUT2D eigenvalue weighted by Crippen LogP contribution is 2.36. The molecule has 0 atom stereocenters. The molecule has 0 bridgehead atoms. The van der Waals surface area contributed by atoms with E-state index in [1.807, 2.05) is 47.3 Å². The normalized spacial score (nSPS) is 13.6. The fourth-order valence-electron chi connectivity index (χ4n) is 5.74. The van der Waals surface area contributed by atoms with E-state index in [1.165, 1.54) is 45.2 Å². The summed E-state index contributed by atoms with van der Waals surface area (Å²) in [6.45, 7) is 3.09. The van der Waals surface area contributed by atoms with Crippen molar-refractivity contribution in [1.82, 2.24) is 19.3 Å². The molecule has 6 aromatic rings. The van der Waals surface area contributed by atoms with Gasteiger partial charge in [0, 0.05) is 50.6 Å². The molecule has 0 N–H and O–H groups in total. The molecule has 39 heavy (non-hydrogen) atoms. The SMILES string of the molecule is CCn1c2ccccc2c2cc(-c3nn(-c4ccccc4)cc3/C=C(/C#N)c3nc4c(s3)CCCC4)ccc21. The molecule has 3 aromatic heterocycles. The van der Waals surface area contributed by atoms with Gasteiger partial charge in [0.1, 0.15) is 16.8 Å². The molecule has 0 saturated carbocycles. The second-order valence-corrected chi connectivity index (χ2v) is 11.1. The van der Waals surface area contributed by atoms with Gasteiger partial charge in [0.05, 0.1) is 17.0 Å². The average Bonchev–Trinajstić information content (AvgIpc) is 3.69. The number of fused-ring (bicyclic) bond motifs is 4. The van der Waals surface area contributed by atoms with Crippen molar-refractivity contribution in [2.75, 3.05) is 0 Å². The Balaban J connectivity index is 1.41. The van der Waals surface area contributed by atoms with Crippen LogP contribution in [-0.4, -0.2) is 19.3 Å². The maximum absolute atomic E-state index is 10.2. The van der Waals surface area contributed by atoms with Crippen LogP contribution in [0.4, 0.5) is 0 Å². The minimum atomic E-state index is 0.590. The van der Waals surface area contributed by atoms with Crippen molar-refractivity contribution >= 4 is 44.8 Å². The molecule has 0 amide bonds. The molecule has 1 aliphatic rings. The summed E-state index contributed by atoms with van der Waals surface area (Å²) in [5.41, 5.74) is 7.97. The third-order valence-electron chi connectivity index (χ3n) is 7.62. The molecular formula is C33H27N5S. The van der Waals surface area contributed by atoms with E-state index >= 15 is 0 Å². The van der Waals surface area contributed by atoms with Gasteiger partial charge in [-0.25, -0.2) is 9.67 Å². The third kappa shape index (κ3) is 4.07. The lowest BCUT2D eigenvalue weighted by molar-refractivity contribution is 0.682. The number of aryl methyl sites for hydroxylation is 3. The smallest absolute Gasteiger partial charge is 0.134 e. The minimum Gasteiger partial charge on any atom is -0.341 e. The number of allylic oxidation sites excluding steroid dienone is 1. The van der Waals surface area contributed by atoms with Crippen LogP contribution in [0.1, 0.15) is 40.9 Å². The molecule has 0 aliphatic heterocycles. The van der Waals surface area contributed by atoms with Crippen molar-refractivity contribution in [3.05, 3.63) is 100 Å². The largest absolute Gasteiger partial charge is 0.341 e. The third-order valence-corrected chi connectivity index (χ3v) is 8.81. The van der Waals surface area contributed by atoms with E-state index in [4.69, 9.17) is 10.1 Å². The van der Waals surface area contributed by atoms with E-state index < -0.39 is 0 Å². The molecule has 0 spiro atoms. The topological polar surface area (TPSA) is 59.4 Å². The minimum absolute atomic E-state index is 0.590. The number of hydrogen-bond acceptors (Lipinski definition) is 4. The molecule has 1 aliphatic carbocycles. The number of para-hydroxylation sites is 2. The molecule has 0 radical (unpaired) electrons. The van der Waals surface area contributed by atoms with Crippen LogP contribution < -0.4 is 0 Å². The lowest BCUT2D eigenvalue weighted by Gasteiger charge is -2.06. The fraction of sp³-hybridized carbons (Fsp3) is 0.182. The van der Waals surface area contributed by atoms with Crippen molar-refractivity contribution in [2.45, 2.75) is 39.2 Å². The van der Waals surface area contributed by atoms with Crippen LogP contribution in [0.25, 0.3) is 50.4 Å². The summed E-state index contributed by atoms with van der Waals surface area (Å²) in [6, 6.07) is 27.7. The zero-order valence-corrected chi connectivity index (χ0v) is 22.6. The molecule has 6 heteroatoms. The van der Waals surface area contributed by atoms with Gasteiger partial charge in [-0.1, -0.05) is 42.5 Å². The number of rotatable bonds is 5. The van der Waals surface area contributed by atoms with Crippen LogP contribution in [0.15, 0.2) is 79.0 Å². The second-order valence-electron chi connectivity index (χ2n) is 9.97. The summed E-state index contributed by atoms with van der Waals surface area (Å²) < 4.78 is 4.26. The molecule has 0 saturated heterocycles. The van der Waals surface area contributed by atoms with Gasteiger partial charge >= 0.3 is 0 Å². The van der Waals surface area contributed by atoms with Gasteiger partial charge < -0.3 is 4.57 Å². The highest BCUT2D eigenvalue weighted by Gasteiger charge is 2.19. The molecule has 190 valence electrons. The van der Waals surface area contributed by atoms with Crippen LogP contribution in [0, 0.1) is 11.3 Å². The Labute approximate surface area is 231 Å². The number of nitriles is 1. The van der Waals surface area contributed by atoms with Crippen LogP contribution in [0.5, 0.6) is 0 Å². The molecule has 0 fully saturated rings. The Kier molecular flexibility index (Phi) is 5.87. The molecule has 0 unspecified atom stereocenters. The van der Waals surface area contributed by atoms with Crippen molar-refractivity contribution < 1.29 is 0 Å². The Hall–Kier alpha value is -4.47. The van der Waals surface area contributed by atoms with Crippen LogP contribution in [0.2, 0.25) is 0 Å². The second kappa shape index (κ2) is 9.68. The molecule has 3 aromatic carbocycles. The number of hydrogen-bond donors (Lipinski definition) is 0. The van der Waals surface area contributed by atoms with Crippen molar-refractivity contribution in [2.24, 2.45) is 0 Å². The van der Waals surface area contributed by atoms with E-state index in [0.29, 0.717) is 5.57 Å². The predicted octanol–water partition coefficient (Wildman–Crippen LogP) is 8.07. The highest BCUT2D eigenvalue weighted by molar-refractivity contribution is 7.13. The fourth-order valence-corrected chi connectivity index (χ4v) is 6.85. The van der Waals surface area contributed by atoms with Gasteiger partial charge in [-0.15, -0.1) is 11.3 Å². The quantitative estimate of drug-likeness (QED) is 0.214. The van der Waals surface area contributed by atoms with Crippen LogP contribution in [0.3, 0.4) is 0 Å². The van der Waals surface area contributed by atoms with E-state index in [9.17, 15) is 5.26 Å².